The minimum atomic E-state index is -0.294. The third kappa shape index (κ3) is 2.82. The van der Waals surface area contributed by atoms with E-state index in [-0.39, 0.29) is 5.91 Å². The molecule has 3 rings (SSSR count). The summed E-state index contributed by atoms with van der Waals surface area (Å²) >= 11 is 1.00. The van der Waals surface area contributed by atoms with Crippen molar-refractivity contribution in [1.82, 2.24) is 18.5 Å². The van der Waals surface area contributed by atoms with Gasteiger partial charge in [0.25, 0.3) is 5.91 Å². The van der Waals surface area contributed by atoms with E-state index >= 15 is 0 Å². The van der Waals surface area contributed by atoms with Gasteiger partial charge in [0.15, 0.2) is 5.69 Å². The largest absolute Gasteiger partial charge is 0.305 e. The minimum absolute atomic E-state index is 0.294. The lowest BCUT2D eigenvalue weighted by molar-refractivity contribution is 0.102. The topological polar surface area (TPSA) is 72.7 Å². The highest BCUT2D eigenvalue weighted by Crippen LogP contribution is 2.18. The first-order valence-electron chi connectivity index (χ1n) is 6.36. The van der Waals surface area contributed by atoms with E-state index in [0.29, 0.717) is 11.5 Å². The van der Waals surface area contributed by atoms with Crippen LogP contribution in [-0.4, -0.2) is 24.4 Å². The molecular formula is C14H13N5OS. The fourth-order valence-corrected chi connectivity index (χ4v) is 2.33. The van der Waals surface area contributed by atoms with Crippen LogP contribution in [0.5, 0.6) is 0 Å². The second-order valence-electron chi connectivity index (χ2n) is 4.67. The Morgan fingerprint density at radius 1 is 1.24 bits per heavy atom. The lowest BCUT2D eigenvalue weighted by Crippen LogP contribution is -2.15. The number of hydrogen-bond donors (Lipinski definition) is 1. The monoisotopic (exact) mass is 299 g/mol. The average molecular weight is 299 g/mol. The summed E-state index contributed by atoms with van der Waals surface area (Å²) in [4.78, 5) is 12.1. The van der Waals surface area contributed by atoms with Crippen molar-refractivity contribution in [2.75, 3.05) is 5.32 Å². The highest BCUT2D eigenvalue weighted by Gasteiger charge is 2.14. The standard InChI is InChI=1S/C14H13N5OS/c1-9-3-5-11(6-4-9)19-13(7-10(2)17-19)16-14(20)12-8-15-21-18-12/h3-8H,1-2H3,(H,16,20). The van der Waals surface area contributed by atoms with Gasteiger partial charge >= 0.3 is 0 Å². The summed E-state index contributed by atoms with van der Waals surface area (Å²) in [7, 11) is 0. The number of carbonyl (C=O) groups is 1. The second-order valence-corrected chi connectivity index (χ2v) is 5.22. The van der Waals surface area contributed by atoms with Crippen molar-refractivity contribution in [1.29, 1.82) is 0 Å². The SMILES string of the molecule is Cc1ccc(-n2nc(C)cc2NC(=O)c2cnsn2)cc1. The number of amides is 1. The zero-order valence-electron chi connectivity index (χ0n) is 11.6. The highest BCUT2D eigenvalue weighted by molar-refractivity contribution is 6.99. The molecule has 21 heavy (non-hydrogen) atoms. The number of aromatic nitrogens is 4. The summed E-state index contributed by atoms with van der Waals surface area (Å²) in [5.41, 5.74) is 3.18. The molecular weight excluding hydrogens is 286 g/mol. The van der Waals surface area contributed by atoms with Crippen LogP contribution >= 0.6 is 11.7 Å². The number of hydrogen-bond acceptors (Lipinski definition) is 5. The molecule has 7 heteroatoms. The van der Waals surface area contributed by atoms with Gasteiger partial charge in [0, 0.05) is 6.07 Å². The van der Waals surface area contributed by atoms with Crippen LogP contribution in [0.2, 0.25) is 0 Å². The summed E-state index contributed by atoms with van der Waals surface area (Å²) in [6.07, 6.45) is 1.44. The molecule has 2 heterocycles. The first-order chi connectivity index (χ1) is 10.1. The van der Waals surface area contributed by atoms with Crippen molar-refractivity contribution in [3.05, 3.63) is 53.5 Å². The number of carbonyl (C=O) groups excluding carboxylic acids is 1. The van der Waals surface area contributed by atoms with E-state index in [2.05, 4.69) is 19.2 Å². The predicted octanol–water partition coefficient (Wildman–Crippen LogP) is 2.59. The predicted molar refractivity (Wildman–Crippen MR) is 80.9 cm³/mol. The van der Waals surface area contributed by atoms with E-state index in [1.54, 1.807) is 4.68 Å². The molecule has 0 aliphatic carbocycles. The van der Waals surface area contributed by atoms with Crippen LogP contribution in [0.1, 0.15) is 21.7 Å². The third-order valence-corrected chi connectivity index (χ3v) is 3.42. The molecule has 0 spiro atoms. The zero-order chi connectivity index (χ0) is 14.8. The number of nitrogens with zero attached hydrogens (tertiary/aromatic N) is 4. The quantitative estimate of drug-likeness (QED) is 0.807. The van der Waals surface area contributed by atoms with Crippen molar-refractivity contribution in [2.24, 2.45) is 0 Å². The molecule has 1 amide bonds. The Hall–Kier alpha value is -2.54. The van der Waals surface area contributed by atoms with E-state index in [1.165, 1.54) is 11.8 Å². The van der Waals surface area contributed by atoms with E-state index in [1.807, 2.05) is 44.2 Å². The van der Waals surface area contributed by atoms with Crippen LogP contribution in [-0.2, 0) is 0 Å². The lowest BCUT2D eigenvalue weighted by Gasteiger charge is -2.08. The van der Waals surface area contributed by atoms with E-state index in [4.69, 9.17) is 0 Å². The Bertz CT molecular complexity index is 761. The summed E-state index contributed by atoms with van der Waals surface area (Å²) in [6, 6.07) is 9.74. The van der Waals surface area contributed by atoms with Gasteiger partial charge in [0.05, 0.1) is 29.3 Å². The molecule has 0 aliphatic heterocycles. The number of aryl methyl sites for hydroxylation is 2. The number of nitrogens with one attached hydrogen (secondary N) is 1. The average Bonchev–Trinajstić information content (AvgIpc) is 3.09. The Balaban J connectivity index is 1.92. The van der Waals surface area contributed by atoms with E-state index in [0.717, 1.165) is 23.1 Å². The second kappa shape index (κ2) is 5.45. The molecule has 0 saturated carbocycles. The smallest absolute Gasteiger partial charge is 0.278 e. The van der Waals surface area contributed by atoms with Crippen LogP contribution in [0.25, 0.3) is 5.69 Å². The molecule has 1 N–H and O–H groups in total. The van der Waals surface area contributed by atoms with Gasteiger partial charge < -0.3 is 5.32 Å². The summed E-state index contributed by atoms with van der Waals surface area (Å²) < 4.78 is 9.45. The fourth-order valence-electron chi connectivity index (χ4n) is 1.92. The Labute approximate surface area is 125 Å². The number of benzene rings is 1. The fraction of sp³-hybridized carbons (Fsp3) is 0.143. The molecule has 0 atom stereocenters. The maximum absolute atomic E-state index is 12.1. The molecule has 0 aliphatic rings. The van der Waals surface area contributed by atoms with Crippen molar-refractivity contribution in [3.63, 3.8) is 0 Å². The van der Waals surface area contributed by atoms with Crippen LogP contribution in [0.15, 0.2) is 36.5 Å². The molecule has 0 saturated heterocycles. The molecule has 0 radical (unpaired) electrons. The lowest BCUT2D eigenvalue weighted by atomic mass is 10.2. The number of anilines is 1. The molecule has 6 nitrogen and oxygen atoms in total. The van der Waals surface area contributed by atoms with Gasteiger partial charge in [-0.25, -0.2) is 4.68 Å². The Morgan fingerprint density at radius 3 is 2.67 bits per heavy atom. The molecule has 106 valence electrons. The first-order valence-corrected chi connectivity index (χ1v) is 7.09. The van der Waals surface area contributed by atoms with Gasteiger partial charge in [0.2, 0.25) is 0 Å². The molecule has 0 bridgehead atoms. The number of rotatable bonds is 3. The zero-order valence-corrected chi connectivity index (χ0v) is 12.4. The normalized spacial score (nSPS) is 10.6. The maximum Gasteiger partial charge on any atom is 0.278 e. The summed E-state index contributed by atoms with van der Waals surface area (Å²) in [5.74, 6) is 0.311. The molecule has 0 unspecified atom stereocenters. The minimum Gasteiger partial charge on any atom is -0.305 e. The first kappa shape index (κ1) is 13.4. The van der Waals surface area contributed by atoms with E-state index in [9.17, 15) is 4.79 Å². The molecule has 0 fully saturated rings. The van der Waals surface area contributed by atoms with Gasteiger partial charge in [-0.05, 0) is 26.0 Å². The Morgan fingerprint density at radius 2 is 2.00 bits per heavy atom. The maximum atomic E-state index is 12.1. The van der Waals surface area contributed by atoms with Crippen molar-refractivity contribution < 1.29 is 4.79 Å². The van der Waals surface area contributed by atoms with Gasteiger partial charge in [0.1, 0.15) is 5.82 Å². The van der Waals surface area contributed by atoms with Crippen molar-refractivity contribution in [3.8, 4) is 5.69 Å². The highest BCUT2D eigenvalue weighted by atomic mass is 32.1. The molecule has 2 aromatic heterocycles. The van der Waals surface area contributed by atoms with Crippen LogP contribution in [0.3, 0.4) is 0 Å². The summed E-state index contributed by atoms with van der Waals surface area (Å²) in [6.45, 7) is 3.90. The molecule has 1 aromatic carbocycles. The van der Waals surface area contributed by atoms with Crippen LogP contribution < -0.4 is 5.32 Å². The van der Waals surface area contributed by atoms with Crippen LogP contribution in [0, 0.1) is 13.8 Å². The summed E-state index contributed by atoms with van der Waals surface area (Å²) in [5, 5.41) is 7.23. The van der Waals surface area contributed by atoms with Gasteiger partial charge in [-0.3, -0.25) is 4.79 Å². The van der Waals surface area contributed by atoms with Gasteiger partial charge in [-0.1, -0.05) is 17.7 Å². The van der Waals surface area contributed by atoms with Gasteiger partial charge in [-0.2, -0.15) is 13.8 Å². The van der Waals surface area contributed by atoms with Crippen molar-refractivity contribution >= 4 is 23.5 Å². The molecule has 3 aromatic rings. The van der Waals surface area contributed by atoms with E-state index < -0.39 is 0 Å². The van der Waals surface area contributed by atoms with Gasteiger partial charge in [-0.15, -0.1) is 0 Å². The third-order valence-electron chi connectivity index (χ3n) is 2.95. The Kier molecular flexibility index (Phi) is 3.49. The van der Waals surface area contributed by atoms with Crippen molar-refractivity contribution in [2.45, 2.75) is 13.8 Å². The van der Waals surface area contributed by atoms with Crippen LogP contribution in [0.4, 0.5) is 5.82 Å².